The van der Waals surface area contributed by atoms with E-state index in [9.17, 15) is 4.79 Å². The fourth-order valence-corrected chi connectivity index (χ4v) is 2.32. The Morgan fingerprint density at radius 3 is 3.06 bits per heavy atom. The molecule has 0 spiro atoms. The maximum atomic E-state index is 11.3. The molecule has 1 atom stereocenters. The molecule has 1 aliphatic rings. The highest BCUT2D eigenvalue weighted by Gasteiger charge is 2.25. The number of Topliss-reactive ketones (excluding diaryl/α,β-unsaturated/α-hetero) is 1. The van der Waals surface area contributed by atoms with Gasteiger partial charge in [0, 0.05) is 18.4 Å². The van der Waals surface area contributed by atoms with Gasteiger partial charge in [0.1, 0.15) is 17.3 Å². The van der Waals surface area contributed by atoms with Gasteiger partial charge in [-0.2, -0.15) is 0 Å². The van der Waals surface area contributed by atoms with Gasteiger partial charge >= 0.3 is 0 Å². The van der Waals surface area contributed by atoms with E-state index in [1.54, 1.807) is 6.20 Å². The lowest BCUT2D eigenvalue weighted by Gasteiger charge is -2.24. The number of benzene rings is 1. The van der Waals surface area contributed by atoms with Crippen LogP contribution in [0.25, 0.3) is 0 Å². The molecule has 2 heterocycles. The third kappa shape index (κ3) is 1.79. The van der Waals surface area contributed by atoms with Gasteiger partial charge in [0.2, 0.25) is 0 Å². The standard InChI is InChI=1S/C14H14N2O2/c1-9(17)12-8-15-14(16-12)11-6-7-18-13-5-3-2-4-10(11)13/h2-5,8,11H,6-7H2,1H3,(H,15,16). The van der Waals surface area contributed by atoms with Crippen molar-refractivity contribution in [3.05, 3.63) is 47.5 Å². The van der Waals surface area contributed by atoms with Crippen LogP contribution in [0, 0.1) is 0 Å². The minimum Gasteiger partial charge on any atom is -0.493 e. The number of imidazole rings is 1. The quantitative estimate of drug-likeness (QED) is 0.823. The number of para-hydroxylation sites is 1. The van der Waals surface area contributed by atoms with E-state index in [2.05, 4.69) is 16.0 Å². The van der Waals surface area contributed by atoms with E-state index in [4.69, 9.17) is 4.74 Å². The first kappa shape index (κ1) is 11.0. The molecule has 1 unspecified atom stereocenters. The number of carbonyl (C=O) groups is 1. The highest BCUT2D eigenvalue weighted by molar-refractivity contribution is 5.91. The van der Waals surface area contributed by atoms with Crippen molar-refractivity contribution in [2.75, 3.05) is 6.61 Å². The van der Waals surface area contributed by atoms with Crippen molar-refractivity contribution in [2.45, 2.75) is 19.3 Å². The van der Waals surface area contributed by atoms with E-state index in [1.165, 1.54) is 6.92 Å². The zero-order valence-electron chi connectivity index (χ0n) is 10.1. The number of aromatic amines is 1. The minimum absolute atomic E-state index is 0.00842. The number of nitrogens with one attached hydrogen (secondary N) is 1. The average molecular weight is 242 g/mol. The van der Waals surface area contributed by atoms with E-state index >= 15 is 0 Å². The summed E-state index contributed by atoms with van der Waals surface area (Å²) in [6.07, 6.45) is 2.48. The van der Waals surface area contributed by atoms with E-state index in [0.717, 1.165) is 23.6 Å². The molecule has 0 radical (unpaired) electrons. The van der Waals surface area contributed by atoms with Crippen LogP contribution in [0.1, 0.15) is 41.1 Å². The molecule has 0 fully saturated rings. The molecule has 2 aromatic rings. The second kappa shape index (κ2) is 4.29. The van der Waals surface area contributed by atoms with Crippen LogP contribution in [-0.4, -0.2) is 22.4 Å². The van der Waals surface area contributed by atoms with Gasteiger partial charge in [-0.15, -0.1) is 0 Å². The van der Waals surface area contributed by atoms with Gasteiger partial charge in [0.05, 0.1) is 12.8 Å². The molecule has 3 rings (SSSR count). The maximum Gasteiger partial charge on any atom is 0.177 e. The highest BCUT2D eigenvalue weighted by Crippen LogP contribution is 2.36. The normalized spacial score (nSPS) is 17.9. The summed E-state index contributed by atoms with van der Waals surface area (Å²) < 4.78 is 5.62. The van der Waals surface area contributed by atoms with E-state index < -0.39 is 0 Å². The van der Waals surface area contributed by atoms with E-state index in [1.807, 2.05) is 18.2 Å². The molecule has 4 heteroatoms. The number of hydrogen-bond acceptors (Lipinski definition) is 3. The number of aromatic nitrogens is 2. The number of fused-ring (bicyclic) bond motifs is 1. The average Bonchev–Trinajstić information content (AvgIpc) is 2.87. The number of carbonyl (C=O) groups excluding carboxylic acids is 1. The van der Waals surface area contributed by atoms with Crippen molar-refractivity contribution in [3.8, 4) is 5.75 Å². The van der Waals surface area contributed by atoms with Gasteiger partial charge in [-0.25, -0.2) is 4.98 Å². The third-order valence-electron chi connectivity index (χ3n) is 3.26. The molecule has 1 aliphatic heterocycles. The van der Waals surface area contributed by atoms with Crippen LogP contribution < -0.4 is 4.74 Å². The summed E-state index contributed by atoms with van der Waals surface area (Å²) in [4.78, 5) is 18.7. The van der Waals surface area contributed by atoms with Gasteiger partial charge in [0.15, 0.2) is 5.78 Å². The Morgan fingerprint density at radius 2 is 2.28 bits per heavy atom. The maximum absolute atomic E-state index is 11.3. The molecule has 0 saturated heterocycles. The molecular weight excluding hydrogens is 228 g/mol. The Labute approximate surface area is 105 Å². The predicted molar refractivity (Wildman–Crippen MR) is 67.0 cm³/mol. The summed E-state index contributed by atoms with van der Waals surface area (Å²) in [6, 6.07) is 7.98. The number of rotatable bonds is 2. The Bertz CT molecular complexity index is 589. The van der Waals surface area contributed by atoms with Crippen molar-refractivity contribution >= 4 is 5.78 Å². The molecule has 0 aliphatic carbocycles. The Balaban J connectivity index is 2.00. The third-order valence-corrected chi connectivity index (χ3v) is 3.26. The number of nitrogens with zero attached hydrogens (tertiary/aromatic N) is 1. The van der Waals surface area contributed by atoms with Crippen molar-refractivity contribution in [1.29, 1.82) is 0 Å². The smallest absolute Gasteiger partial charge is 0.177 e. The first-order valence-electron chi connectivity index (χ1n) is 6.03. The molecule has 92 valence electrons. The molecule has 0 saturated carbocycles. The minimum atomic E-state index is 0.00842. The first-order valence-corrected chi connectivity index (χ1v) is 6.03. The summed E-state index contributed by atoms with van der Waals surface area (Å²) in [5.74, 6) is 1.95. The lowest BCUT2D eigenvalue weighted by molar-refractivity contribution is 0.101. The van der Waals surface area contributed by atoms with Crippen LogP contribution in [0.4, 0.5) is 0 Å². The summed E-state index contributed by atoms with van der Waals surface area (Å²) in [5.41, 5.74) is 1.70. The molecule has 0 bridgehead atoms. The fourth-order valence-electron chi connectivity index (χ4n) is 2.32. The zero-order chi connectivity index (χ0) is 12.5. The van der Waals surface area contributed by atoms with Gasteiger partial charge in [-0.05, 0) is 12.5 Å². The van der Waals surface area contributed by atoms with Gasteiger partial charge in [-0.3, -0.25) is 4.79 Å². The van der Waals surface area contributed by atoms with E-state index in [0.29, 0.717) is 12.3 Å². The van der Waals surface area contributed by atoms with Crippen LogP contribution in [0.2, 0.25) is 0 Å². The summed E-state index contributed by atoms with van der Waals surface area (Å²) in [6.45, 7) is 2.22. The van der Waals surface area contributed by atoms with Crippen molar-refractivity contribution in [2.24, 2.45) is 0 Å². The Morgan fingerprint density at radius 1 is 1.44 bits per heavy atom. The van der Waals surface area contributed by atoms with Gasteiger partial charge < -0.3 is 9.72 Å². The first-order chi connectivity index (χ1) is 8.75. The number of hydrogen-bond donors (Lipinski definition) is 1. The van der Waals surface area contributed by atoms with Crippen LogP contribution >= 0.6 is 0 Å². The fraction of sp³-hybridized carbons (Fsp3) is 0.286. The van der Waals surface area contributed by atoms with Crippen LogP contribution in [0.3, 0.4) is 0 Å². The second-order valence-electron chi connectivity index (χ2n) is 4.47. The largest absolute Gasteiger partial charge is 0.493 e. The lowest BCUT2D eigenvalue weighted by atomic mass is 9.92. The van der Waals surface area contributed by atoms with Gasteiger partial charge in [0.25, 0.3) is 0 Å². The highest BCUT2D eigenvalue weighted by atomic mass is 16.5. The van der Waals surface area contributed by atoms with Crippen LogP contribution in [0.15, 0.2) is 30.5 Å². The van der Waals surface area contributed by atoms with Crippen molar-refractivity contribution in [1.82, 2.24) is 9.97 Å². The summed E-state index contributed by atoms with van der Waals surface area (Å²) >= 11 is 0. The molecule has 0 amide bonds. The lowest BCUT2D eigenvalue weighted by Crippen LogP contribution is -2.16. The topological polar surface area (TPSA) is 55.0 Å². The van der Waals surface area contributed by atoms with Crippen molar-refractivity contribution in [3.63, 3.8) is 0 Å². The second-order valence-corrected chi connectivity index (χ2v) is 4.47. The molecule has 4 nitrogen and oxygen atoms in total. The number of ether oxygens (including phenoxy) is 1. The SMILES string of the molecule is CC(=O)c1cnc(C2CCOc3ccccc32)[nH]1. The summed E-state index contributed by atoms with van der Waals surface area (Å²) in [7, 11) is 0. The molecule has 1 aromatic carbocycles. The monoisotopic (exact) mass is 242 g/mol. The van der Waals surface area contributed by atoms with Gasteiger partial charge in [-0.1, -0.05) is 18.2 Å². The number of H-pyrrole nitrogens is 1. The Hall–Kier alpha value is -2.10. The molecule has 1 N–H and O–H groups in total. The Kier molecular flexibility index (Phi) is 2.63. The molecule has 1 aromatic heterocycles. The molecular formula is C14H14N2O2. The van der Waals surface area contributed by atoms with Crippen LogP contribution in [0.5, 0.6) is 5.75 Å². The molecule has 18 heavy (non-hydrogen) atoms. The van der Waals surface area contributed by atoms with E-state index in [-0.39, 0.29) is 11.7 Å². The summed E-state index contributed by atoms with van der Waals surface area (Å²) in [5, 5.41) is 0. The number of ketones is 1. The predicted octanol–water partition coefficient (Wildman–Crippen LogP) is 2.53. The van der Waals surface area contributed by atoms with Crippen molar-refractivity contribution < 1.29 is 9.53 Å². The van der Waals surface area contributed by atoms with Crippen LogP contribution in [-0.2, 0) is 0 Å². The zero-order valence-corrected chi connectivity index (χ0v) is 10.1.